The molecule has 4 heteroatoms. The molecule has 0 N–H and O–H groups in total. The van der Waals surface area contributed by atoms with Gasteiger partial charge in [-0.05, 0) is 397 Å². The molecule has 0 heterocycles. The molecule has 0 aromatic rings. The van der Waals surface area contributed by atoms with Crippen molar-refractivity contribution in [1.82, 2.24) is 0 Å². The molecule has 0 aromatic heterocycles. The Bertz CT molecular complexity index is 3420. The van der Waals surface area contributed by atoms with Crippen molar-refractivity contribution in [2.24, 2.45) is 0 Å². The Balaban J connectivity index is 0.00000110. The standard InChI is InChI=1S/2C53H80O2/c2*1-40(2)21-13-22-41(3)23-14-24-42(4)25-15-26-43(5)27-16-28-44(6)29-17-30-45(7)31-18-32-46(8)33-19-34-47(9)35-20-36-48(10)37-38-51-39-52(54)49(11)50(12)53(51)55/h2*21,23,25,27,29,31,33,35,37,39H,13-20,22,24,26,28,30,32,34,36,38H2,1-12H3/b2*41-23+,42-25+,43-27-,44-29+,45-31+,46-33+,47-35+,48-37+. The van der Waals surface area contributed by atoms with Crippen LogP contribution in [0.3, 0.4) is 0 Å². The fourth-order valence-corrected chi connectivity index (χ4v) is 13.2. The average Bonchev–Trinajstić information content (AvgIpc) is 0.832. The highest BCUT2D eigenvalue weighted by Crippen LogP contribution is 2.27. The van der Waals surface area contributed by atoms with E-state index in [1.807, 2.05) is 0 Å². The van der Waals surface area contributed by atoms with Gasteiger partial charge in [0.2, 0.25) is 0 Å². The second-order valence-corrected chi connectivity index (χ2v) is 33.6. The molecule has 2 aliphatic carbocycles. The number of allylic oxidation sites excluding steroid dienone is 44. The van der Waals surface area contributed by atoms with E-state index < -0.39 is 0 Å². The van der Waals surface area contributed by atoms with E-state index in [4.69, 9.17) is 0 Å². The van der Waals surface area contributed by atoms with E-state index >= 15 is 0 Å². The van der Waals surface area contributed by atoms with Crippen LogP contribution in [0.1, 0.15) is 384 Å². The normalized spacial score (nSPS) is 16.0. The number of ketones is 4. The predicted molar refractivity (Wildman–Crippen MR) is 489 cm³/mol. The van der Waals surface area contributed by atoms with E-state index in [0.29, 0.717) is 46.3 Å². The summed E-state index contributed by atoms with van der Waals surface area (Å²) in [5.74, 6) is -0.0518. The van der Waals surface area contributed by atoms with Crippen molar-refractivity contribution in [3.05, 3.63) is 255 Å². The van der Waals surface area contributed by atoms with Gasteiger partial charge in [-0.1, -0.05) is 210 Å². The number of hydrogen-bond acceptors (Lipinski definition) is 4. The minimum Gasteiger partial charge on any atom is -0.290 e. The van der Waals surface area contributed by atoms with E-state index in [2.05, 4.69) is 248 Å². The first-order valence-corrected chi connectivity index (χ1v) is 42.9. The van der Waals surface area contributed by atoms with Crippen LogP contribution in [0.15, 0.2) is 255 Å². The summed E-state index contributed by atoms with van der Waals surface area (Å²) in [6.07, 6.45) is 82.9. The lowest BCUT2D eigenvalue weighted by Gasteiger charge is -2.13. The van der Waals surface area contributed by atoms with Gasteiger partial charge in [-0.15, -0.1) is 0 Å². The van der Waals surface area contributed by atoms with Crippen molar-refractivity contribution in [3.8, 4) is 0 Å². The van der Waals surface area contributed by atoms with Gasteiger partial charge in [0.05, 0.1) is 0 Å². The van der Waals surface area contributed by atoms with E-state index in [9.17, 15) is 19.2 Å². The van der Waals surface area contributed by atoms with Crippen LogP contribution in [-0.4, -0.2) is 23.1 Å². The summed E-state index contributed by atoms with van der Waals surface area (Å²) >= 11 is 0. The third-order valence-electron chi connectivity index (χ3n) is 21.7. The van der Waals surface area contributed by atoms with Crippen molar-refractivity contribution >= 4 is 23.1 Å². The zero-order valence-corrected chi connectivity index (χ0v) is 75.2. The van der Waals surface area contributed by atoms with E-state index in [-0.39, 0.29) is 23.1 Å². The zero-order valence-electron chi connectivity index (χ0n) is 75.2. The predicted octanol–water partition coefficient (Wildman–Crippen LogP) is 33.1. The van der Waals surface area contributed by atoms with Gasteiger partial charge < -0.3 is 0 Å². The van der Waals surface area contributed by atoms with Crippen LogP contribution in [-0.2, 0) is 19.2 Å². The van der Waals surface area contributed by atoms with Crippen molar-refractivity contribution in [2.75, 3.05) is 0 Å². The molecule has 0 bridgehead atoms. The first-order valence-electron chi connectivity index (χ1n) is 42.9. The average molecular weight is 1500 g/mol. The molecule has 110 heavy (non-hydrogen) atoms. The lowest BCUT2D eigenvalue weighted by molar-refractivity contribution is -0.115. The highest BCUT2D eigenvalue weighted by molar-refractivity contribution is 6.23. The summed E-state index contributed by atoms with van der Waals surface area (Å²) < 4.78 is 0. The van der Waals surface area contributed by atoms with Gasteiger partial charge in [-0.3, -0.25) is 19.2 Å². The van der Waals surface area contributed by atoms with E-state index in [0.717, 1.165) is 167 Å². The topological polar surface area (TPSA) is 68.3 Å². The Morgan fingerprint density at radius 1 is 0.191 bits per heavy atom. The van der Waals surface area contributed by atoms with Gasteiger partial charge in [0, 0.05) is 33.4 Å². The highest BCUT2D eigenvalue weighted by atomic mass is 16.1. The maximum absolute atomic E-state index is 12.5. The summed E-state index contributed by atoms with van der Waals surface area (Å²) in [4.78, 5) is 49.1. The van der Waals surface area contributed by atoms with E-state index in [1.165, 1.54) is 151 Å². The van der Waals surface area contributed by atoms with Crippen LogP contribution < -0.4 is 0 Å². The van der Waals surface area contributed by atoms with Gasteiger partial charge in [-0.25, -0.2) is 0 Å². The van der Waals surface area contributed by atoms with E-state index in [1.54, 1.807) is 27.7 Å². The number of rotatable bonds is 52. The van der Waals surface area contributed by atoms with Gasteiger partial charge in [0.25, 0.3) is 0 Å². The summed E-state index contributed by atoms with van der Waals surface area (Å²) in [5.41, 5.74) is 29.9. The number of carbonyl (C=O) groups is 4. The van der Waals surface area contributed by atoms with Crippen LogP contribution in [0.4, 0.5) is 0 Å². The molecule has 0 saturated heterocycles. The van der Waals surface area contributed by atoms with Crippen molar-refractivity contribution in [2.45, 2.75) is 384 Å². The molecule has 0 spiro atoms. The van der Waals surface area contributed by atoms with Crippen molar-refractivity contribution in [1.29, 1.82) is 0 Å². The van der Waals surface area contributed by atoms with Crippen LogP contribution >= 0.6 is 0 Å². The Morgan fingerprint density at radius 2 is 0.318 bits per heavy atom. The zero-order chi connectivity index (χ0) is 82.3. The molecule has 0 aliphatic heterocycles. The lowest BCUT2D eigenvalue weighted by atomic mass is 9.89. The SMILES string of the molecule is CC(C)=CCC/C(C)=C/CC/C(C)=C/CC/C(C)=C\CC/C(C)=C/CC/C(C)=C/CC/C(C)=C/CC/C(C)=C/CC/C(C)=C/CC1=CC(=O)C(C)=C(C)C1=O.CC(C)=CCC/C(C)=C/CC/C(C)=C/CC/C(C)=C\CC/C(C)=C/CC/C(C)=C/CC/C(C)=C/CC/C(C)=C/CC/C(C)=C/CC1=CC(=O)C(C)=C(C)C1=O. The Kier molecular flexibility index (Phi) is 55.6. The minimum atomic E-state index is -0.0352. The molecule has 0 unspecified atom stereocenters. The molecule has 0 saturated carbocycles. The molecule has 2 rings (SSSR count). The fourth-order valence-electron chi connectivity index (χ4n) is 13.2. The third kappa shape index (κ3) is 52.2. The Labute approximate surface area is 678 Å². The second-order valence-electron chi connectivity index (χ2n) is 33.6. The monoisotopic (exact) mass is 1500 g/mol. The largest absolute Gasteiger partial charge is 0.290 e. The van der Waals surface area contributed by atoms with Crippen LogP contribution in [0.5, 0.6) is 0 Å². The number of carbonyl (C=O) groups excluding carboxylic acids is 4. The molecular weight excluding hydrogens is 1340 g/mol. The van der Waals surface area contributed by atoms with Gasteiger partial charge >= 0.3 is 0 Å². The maximum Gasteiger partial charge on any atom is 0.185 e. The minimum absolute atomic E-state index is 0.00932. The summed E-state index contributed by atoms with van der Waals surface area (Å²) in [5, 5.41) is 0. The summed E-state index contributed by atoms with van der Waals surface area (Å²) in [7, 11) is 0. The molecule has 0 atom stereocenters. The second kappa shape index (κ2) is 60.6. The van der Waals surface area contributed by atoms with Gasteiger partial charge in [0.15, 0.2) is 23.1 Å². The third-order valence-corrected chi connectivity index (χ3v) is 21.7. The summed E-state index contributed by atoms with van der Waals surface area (Å²) in [6.45, 7) is 51.8. The highest BCUT2D eigenvalue weighted by Gasteiger charge is 2.23. The van der Waals surface area contributed by atoms with Gasteiger partial charge in [0.1, 0.15) is 0 Å². The molecular formula is C106H160O4. The molecule has 608 valence electrons. The number of Topliss-reactive ketones (excluding diaryl/α,β-unsaturated/α-hetero) is 2. The van der Waals surface area contributed by atoms with Crippen LogP contribution in [0, 0.1) is 0 Å². The molecule has 0 aromatic carbocycles. The Hall–Kier alpha value is -7.04. The molecule has 0 radical (unpaired) electrons. The first kappa shape index (κ1) is 101. The Morgan fingerprint density at radius 3 is 0.455 bits per heavy atom. The molecule has 0 amide bonds. The van der Waals surface area contributed by atoms with Crippen LogP contribution in [0.25, 0.3) is 0 Å². The molecule has 0 fully saturated rings. The van der Waals surface area contributed by atoms with Crippen molar-refractivity contribution < 1.29 is 19.2 Å². The molecule has 2 aliphatic rings. The molecule has 4 nitrogen and oxygen atoms in total. The lowest BCUT2D eigenvalue weighted by Crippen LogP contribution is -2.16. The maximum atomic E-state index is 12.5. The quantitative estimate of drug-likeness (QED) is 0.0450. The van der Waals surface area contributed by atoms with Crippen molar-refractivity contribution in [3.63, 3.8) is 0 Å². The first-order chi connectivity index (χ1) is 52.2. The number of hydrogen-bond donors (Lipinski definition) is 0. The summed E-state index contributed by atoms with van der Waals surface area (Å²) in [6, 6.07) is 0. The van der Waals surface area contributed by atoms with Crippen LogP contribution in [0.2, 0.25) is 0 Å². The van der Waals surface area contributed by atoms with Gasteiger partial charge in [-0.2, -0.15) is 0 Å². The fraction of sp³-hybridized carbons (Fsp3) is 0.547. The smallest absolute Gasteiger partial charge is 0.185 e.